The van der Waals surface area contributed by atoms with E-state index in [0.29, 0.717) is 6.04 Å². The van der Waals surface area contributed by atoms with Crippen molar-refractivity contribution >= 4 is 5.69 Å². The van der Waals surface area contributed by atoms with Crippen molar-refractivity contribution in [1.82, 2.24) is 4.90 Å². The summed E-state index contributed by atoms with van der Waals surface area (Å²) in [7, 11) is 2.18. The first-order chi connectivity index (χ1) is 8.84. The maximum Gasteiger partial charge on any atom is 0.0712 e. The smallest absolute Gasteiger partial charge is 0.0712 e. The summed E-state index contributed by atoms with van der Waals surface area (Å²) in [6, 6.07) is 21.9. The van der Waals surface area contributed by atoms with Crippen molar-refractivity contribution in [1.29, 1.82) is 0 Å². The van der Waals surface area contributed by atoms with Crippen molar-refractivity contribution in [2.75, 3.05) is 25.2 Å². The molecular formula is C16H18N2. The minimum absolute atomic E-state index is 0.457. The van der Waals surface area contributed by atoms with Crippen LogP contribution in [-0.4, -0.2) is 25.2 Å². The summed E-state index contributed by atoms with van der Waals surface area (Å²) < 4.78 is 0. The fourth-order valence-corrected chi connectivity index (χ4v) is 2.65. The molecule has 18 heavy (non-hydrogen) atoms. The van der Waals surface area contributed by atoms with Crippen molar-refractivity contribution in [3.8, 4) is 0 Å². The van der Waals surface area contributed by atoms with Crippen LogP contribution in [0.3, 0.4) is 0 Å². The Morgan fingerprint density at radius 3 is 2.17 bits per heavy atom. The minimum atomic E-state index is 0.457. The molecule has 2 nitrogen and oxygen atoms in total. The predicted octanol–water partition coefficient (Wildman–Crippen LogP) is 3.14. The number of hydrogen-bond acceptors (Lipinski definition) is 2. The summed E-state index contributed by atoms with van der Waals surface area (Å²) >= 11 is 0. The zero-order valence-electron chi connectivity index (χ0n) is 10.7. The molecule has 1 aliphatic heterocycles. The Kier molecular flexibility index (Phi) is 3.03. The highest BCUT2D eigenvalue weighted by Crippen LogP contribution is 2.31. The van der Waals surface area contributed by atoms with Gasteiger partial charge in [0.25, 0.3) is 0 Å². The largest absolute Gasteiger partial charge is 0.350 e. The molecule has 0 N–H and O–H groups in total. The summed E-state index contributed by atoms with van der Waals surface area (Å²) in [5.41, 5.74) is 2.70. The van der Waals surface area contributed by atoms with E-state index in [-0.39, 0.29) is 0 Å². The van der Waals surface area contributed by atoms with Crippen molar-refractivity contribution < 1.29 is 0 Å². The minimum Gasteiger partial charge on any atom is -0.350 e. The fraction of sp³-hybridized carbons (Fsp3) is 0.250. The molecule has 1 saturated heterocycles. The van der Waals surface area contributed by atoms with Gasteiger partial charge >= 0.3 is 0 Å². The van der Waals surface area contributed by atoms with Crippen LogP contribution < -0.4 is 4.90 Å². The van der Waals surface area contributed by atoms with Gasteiger partial charge in [0.15, 0.2) is 0 Å². The summed E-state index contributed by atoms with van der Waals surface area (Å²) in [6.45, 7) is 2.07. The van der Waals surface area contributed by atoms with E-state index in [1.54, 1.807) is 0 Å². The monoisotopic (exact) mass is 238 g/mol. The quantitative estimate of drug-likeness (QED) is 0.793. The Hall–Kier alpha value is -1.80. The molecule has 1 unspecified atom stereocenters. The molecule has 1 heterocycles. The highest BCUT2D eigenvalue weighted by molar-refractivity contribution is 5.49. The molecule has 2 aromatic rings. The van der Waals surface area contributed by atoms with Crippen LogP contribution in [-0.2, 0) is 0 Å². The Morgan fingerprint density at radius 2 is 1.50 bits per heavy atom. The van der Waals surface area contributed by atoms with Gasteiger partial charge in [0.1, 0.15) is 0 Å². The highest BCUT2D eigenvalue weighted by atomic mass is 15.4. The van der Waals surface area contributed by atoms with Crippen LogP contribution in [0.15, 0.2) is 60.7 Å². The molecule has 0 bridgehead atoms. The normalized spacial score (nSPS) is 20.3. The molecule has 0 aliphatic carbocycles. The lowest BCUT2D eigenvalue weighted by atomic mass is 10.1. The van der Waals surface area contributed by atoms with E-state index in [2.05, 4.69) is 77.5 Å². The number of rotatable bonds is 2. The average molecular weight is 238 g/mol. The molecule has 0 spiro atoms. The van der Waals surface area contributed by atoms with Crippen molar-refractivity contribution in [3.63, 3.8) is 0 Å². The van der Waals surface area contributed by atoms with Crippen LogP contribution in [0.25, 0.3) is 0 Å². The molecule has 2 aromatic carbocycles. The number of para-hydroxylation sites is 1. The molecule has 0 radical (unpaired) electrons. The van der Waals surface area contributed by atoms with E-state index in [9.17, 15) is 0 Å². The lowest BCUT2D eigenvalue weighted by Gasteiger charge is -2.26. The molecule has 1 aliphatic rings. The molecular weight excluding hydrogens is 220 g/mol. The highest BCUT2D eigenvalue weighted by Gasteiger charge is 2.29. The van der Waals surface area contributed by atoms with Gasteiger partial charge in [-0.1, -0.05) is 48.5 Å². The van der Waals surface area contributed by atoms with Gasteiger partial charge in [-0.2, -0.15) is 0 Å². The average Bonchev–Trinajstić information content (AvgIpc) is 2.83. The topological polar surface area (TPSA) is 6.48 Å². The second-order valence-corrected chi connectivity index (χ2v) is 4.91. The molecule has 3 rings (SSSR count). The van der Waals surface area contributed by atoms with E-state index in [1.807, 2.05) is 0 Å². The molecule has 0 aromatic heterocycles. The second-order valence-electron chi connectivity index (χ2n) is 4.91. The van der Waals surface area contributed by atoms with Crippen LogP contribution in [0.1, 0.15) is 11.6 Å². The molecule has 2 heteroatoms. The van der Waals surface area contributed by atoms with Crippen LogP contribution in [0, 0.1) is 0 Å². The van der Waals surface area contributed by atoms with Gasteiger partial charge in [0.2, 0.25) is 0 Å². The van der Waals surface area contributed by atoms with E-state index in [0.717, 1.165) is 13.2 Å². The Morgan fingerprint density at radius 1 is 0.889 bits per heavy atom. The number of nitrogens with zero attached hydrogens (tertiary/aromatic N) is 2. The number of likely N-dealkylation sites (N-methyl/N-ethyl adjacent to an activating group) is 1. The number of hydrogen-bond donors (Lipinski definition) is 0. The van der Waals surface area contributed by atoms with Crippen molar-refractivity contribution in [2.24, 2.45) is 0 Å². The molecule has 92 valence electrons. The fourth-order valence-electron chi connectivity index (χ4n) is 2.65. The molecule has 1 fully saturated rings. The van der Waals surface area contributed by atoms with Gasteiger partial charge in [-0.05, 0) is 24.7 Å². The van der Waals surface area contributed by atoms with E-state index < -0.39 is 0 Å². The van der Waals surface area contributed by atoms with Crippen LogP contribution >= 0.6 is 0 Å². The molecule has 0 amide bonds. The van der Waals surface area contributed by atoms with E-state index in [1.165, 1.54) is 11.3 Å². The SMILES string of the molecule is CN1CC(c2ccccc2)N(c2ccccc2)C1. The van der Waals surface area contributed by atoms with E-state index >= 15 is 0 Å². The summed E-state index contributed by atoms with van der Waals surface area (Å²) in [6.07, 6.45) is 0. The lowest BCUT2D eigenvalue weighted by Crippen LogP contribution is -2.24. The standard InChI is InChI=1S/C16H18N2/c1-17-12-16(14-8-4-2-5-9-14)18(13-17)15-10-6-3-7-11-15/h2-11,16H,12-13H2,1H3. The van der Waals surface area contributed by atoms with Gasteiger partial charge in [0.05, 0.1) is 12.7 Å². The first-order valence-corrected chi connectivity index (χ1v) is 6.40. The molecule has 1 atom stereocenters. The van der Waals surface area contributed by atoms with Crippen LogP contribution in [0.4, 0.5) is 5.69 Å². The van der Waals surface area contributed by atoms with Gasteiger partial charge in [-0.15, -0.1) is 0 Å². The molecule has 0 saturated carbocycles. The number of benzene rings is 2. The number of anilines is 1. The maximum absolute atomic E-state index is 2.47. The van der Waals surface area contributed by atoms with Gasteiger partial charge < -0.3 is 4.90 Å². The first kappa shape index (κ1) is 11.3. The van der Waals surface area contributed by atoms with Crippen LogP contribution in [0.2, 0.25) is 0 Å². The Bertz CT molecular complexity index is 448. The summed E-state index contributed by atoms with van der Waals surface area (Å²) in [5.74, 6) is 0. The van der Waals surface area contributed by atoms with Gasteiger partial charge in [-0.3, -0.25) is 4.90 Å². The summed E-state index contributed by atoms with van der Waals surface area (Å²) in [5, 5.41) is 0. The van der Waals surface area contributed by atoms with E-state index in [4.69, 9.17) is 0 Å². The lowest BCUT2D eigenvalue weighted by molar-refractivity contribution is 0.411. The van der Waals surface area contributed by atoms with Gasteiger partial charge in [-0.25, -0.2) is 0 Å². The zero-order valence-corrected chi connectivity index (χ0v) is 10.7. The van der Waals surface area contributed by atoms with Crippen molar-refractivity contribution in [2.45, 2.75) is 6.04 Å². The Balaban J connectivity index is 1.93. The van der Waals surface area contributed by atoms with Crippen molar-refractivity contribution in [3.05, 3.63) is 66.2 Å². The Labute approximate surface area is 108 Å². The third kappa shape index (κ3) is 2.12. The van der Waals surface area contributed by atoms with Gasteiger partial charge in [0, 0.05) is 12.2 Å². The maximum atomic E-state index is 2.47. The first-order valence-electron chi connectivity index (χ1n) is 6.40. The zero-order chi connectivity index (χ0) is 12.4. The van der Waals surface area contributed by atoms with Crippen LogP contribution in [0.5, 0.6) is 0 Å². The third-order valence-electron chi connectivity index (χ3n) is 3.53. The summed E-state index contributed by atoms with van der Waals surface area (Å²) in [4.78, 5) is 4.83. The third-order valence-corrected chi connectivity index (χ3v) is 3.53. The second kappa shape index (κ2) is 4.83. The predicted molar refractivity (Wildman–Crippen MR) is 75.6 cm³/mol.